The molecule has 8 rings (SSSR count). The van der Waals surface area contributed by atoms with Crippen molar-refractivity contribution >= 4 is 60.2 Å². The first kappa shape index (κ1) is 27.4. The summed E-state index contributed by atoms with van der Waals surface area (Å²) in [5.74, 6) is 0. The van der Waals surface area contributed by atoms with E-state index in [9.17, 15) is 0 Å². The maximum atomic E-state index is 6.91. The third-order valence-corrected chi connectivity index (χ3v) is 9.95. The van der Waals surface area contributed by atoms with Crippen molar-refractivity contribution in [3.63, 3.8) is 0 Å². The lowest BCUT2D eigenvalue weighted by Crippen LogP contribution is -2.09. The molecule has 0 radical (unpaired) electrons. The van der Waals surface area contributed by atoms with Gasteiger partial charge in [0.25, 0.3) is 0 Å². The molecule has 1 aromatic heterocycles. The lowest BCUT2D eigenvalue weighted by Gasteiger charge is -2.26. The number of nitrogens with zero attached hydrogens (tertiary/aromatic N) is 1. The van der Waals surface area contributed by atoms with Crippen molar-refractivity contribution in [3.8, 4) is 33.4 Å². The minimum Gasteiger partial charge on any atom is -0.310 e. The summed E-state index contributed by atoms with van der Waals surface area (Å²) in [6.45, 7) is 0. The summed E-state index contributed by atoms with van der Waals surface area (Å²) in [7, 11) is 0. The largest absolute Gasteiger partial charge is 0.310 e. The molecule has 0 spiro atoms. The Bertz CT molecular complexity index is 2160. The highest BCUT2D eigenvalue weighted by atomic mass is 35.5. The van der Waals surface area contributed by atoms with Crippen LogP contribution in [-0.2, 0) is 0 Å². The van der Waals surface area contributed by atoms with Crippen LogP contribution in [0, 0.1) is 0 Å². The second-order valence-electron chi connectivity index (χ2n) is 11.1. The zero-order valence-electron chi connectivity index (χ0n) is 24.4. The molecule has 1 heterocycles. The zero-order chi connectivity index (χ0) is 30.2. The van der Waals surface area contributed by atoms with Crippen LogP contribution in [0.1, 0.15) is 0 Å². The van der Waals surface area contributed by atoms with Gasteiger partial charge in [0.1, 0.15) is 0 Å². The van der Waals surface area contributed by atoms with E-state index in [1.165, 1.54) is 43.3 Å². The summed E-state index contributed by atoms with van der Waals surface area (Å²) >= 11 is 8.66. The van der Waals surface area contributed by atoms with Crippen LogP contribution in [-0.4, -0.2) is 0 Å². The lowest BCUT2D eigenvalue weighted by atomic mass is 10.0. The second kappa shape index (κ2) is 11.7. The van der Waals surface area contributed by atoms with Gasteiger partial charge >= 0.3 is 0 Å². The standard InChI is InChI=1S/C42H28ClNS/c43-40-27-34(31-14-8-3-9-15-31)26-39-38-25-24-37(28-41(38)45-42(39)40)44(35-20-16-32(17-21-35)29-10-4-1-5-11-29)36-22-18-33(19-23-36)30-12-6-2-7-13-30/h1-28H. The van der Waals surface area contributed by atoms with Crippen molar-refractivity contribution in [2.24, 2.45) is 0 Å². The molecule has 45 heavy (non-hydrogen) atoms. The van der Waals surface area contributed by atoms with Crippen LogP contribution in [0.15, 0.2) is 170 Å². The maximum absolute atomic E-state index is 6.91. The summed E-state index contributed by atoms with van der Waals surface area (Å²) in [6, 6.07) is 60.3. The van der Waals surface area contributed by atoms with Crippen molar-refractivity contribution in [2.75, 3.05) is 4.90 Å². The SMILES string of the molecule is Clc1cc(-c2ccccc2)cc2c1sc1cc(N(c3ccc(-c4ccccc4)cc3)c3ccc(-c4ccccc4)cc3)ccc12. The van der Waals surface area contributed by atoms with Crippen LogP contribution in [0.25, 0.3) is 53.6 Å². The van der Waals surface area contributed by atoms with Gasteiger partial charge in [0.05, 0.1) is 9.72 Å². The van der Waals surface area contributed by atoms with Gasteiger partial charge in [0.2, 0.25) is 0 Å². The van der Waals surface area contributed by atoms with Gasteiger partial charge in [-0.15, -0.1) is 11.3 Å². The Morgan fingerprint density at radius 2 is 0.822 bits per heavy atom. The van der Waals surface area contributed by atoms with E-state index < -0.39 is 0 Å². The summed E-state index contributed by atoms with van der Waals surface area (Å²) < 4.78 is 2.33. The highest BCUT2D eigenvalue weighted by Crippen LogP contribution is 2.44. The zero-order valence-corrected chi connectivity index (χ0v) is 26.0. The van der Waals surface area contributed by atoms with Gasteiger partial charge in [-0.1, -0.05) is 133 Å². The number of fused-ring (bicyclic) bond motifs is 3. The van der Waals surface area contributed by atoms with Gasteiger partial charge in [-0.05, 0) is 81.9 Å². The number of rotatable bonds is 6. The second-order valence-corrected chi connectivity index (χ2v) is 12.6. The molecule has 0 bridgehead atoms. The summed E-state index contributed by atoms with van der Waals surface area (Å²) in [6.07, 6.45) is 0. The first-order chi connectivity index (χ1) is 22.2. The fourth-order valence-corrected chi connectivity index (χ4v) is 7.53. The molecule has 0 fully saturated rings. The monoisotopic (exact) mass is 613 g/mol. The van der Waals surface area contributed by atoms with Gasteiger partial charge in [0.15, 0.2) is 0 Å². The molecule has 3 heteroatoms. The first-order valence-corrected chi connectivity index (χ1v) is 16.2. The van der Waals surface area contributed by atoms with E-state index in [2.05, 4.69) is 169 Å². The molecular weight excluding hydrogens is 586 g/mol. The number of hydrogen-bond acceptors (Lipinski definition) is 2. The van der Waals surface area contributed by atoms with Crippen molar-refractivity contribution in [3.05, 3.63) is 175 Å². The highest BCUT2D eigenvalue weighted by Gasteiger charge is 2.17. The van der Waals surface area contributed by atoms with Crippen molar-refractivity contribution in [1.82, 2.24) is 0 Å². The topological polar surface area (TPSA) is 3.24 Å². The normalized spacial score (nSPS) is 11.2. The molecule has 0 amide bonds. The number of benzene rings is 7. The number of halogens is 1. The number of anilines is 3. The molecule has 0 aliphatic heterocycles. The van der Waals surface area contributed by atoms with E-state index in [4.69, 9.17) is 11.6 Å². The third kappa shape index (κ3) is 5.29. The molecule has 0 aliphatic carbocycles. The molecule has 0 unspecified atom stereocenters. The fraction of sp³-hybridized carbons (Fsp3) is 0. The van der Waals surface area contributed by atoms with Gasteiger partial charge < -0.3 is 4.90 Å². The Kier molecular flexibility index (Phi) is 7.15. The Balaban J connectivity index is 1.24. The molecule has 8 aromatic rings. The van der Waals surface area contributed by atoms with E-state index in [0.29, 0.717) is 0 Å². The Morgan fingerprint density at radius 3 is 1.33 bits per heavy atom. The number of hydrogen-bond donors (Lipinski definition) is 0. The van der Waals surface area contributed by atoms with Crippen LogP contribution in [0.3, 0.4) is 0 Å². The first-order valence-electron chi connectivity index (χ1n) is 15.0. The summed E-state index contributed by atoms with van der Waals surface area (Å²) in [4.78, 5) is 2.34. The lowest BCUT2D eigenvalue weighted by molar-refractivity contribution is 1.29. The Labute approximate surface area is 272 Å². The minimum absolute atomic E-state index is 0.791. The molecule has 214 valence electrons. The van der Waals surface area contributed by atoms with Crippen LogP contribution >= 0.6 is 22.9 Å². The van der Waals surface area contributed by atoms with Crippen LogP contribution in [0.4, 0.5) is 17.1 Å². The van der Waals surface area contributed by atoms with E-state index in [1.807, 2.05) is 6.07 Å². The number of thiophene rings is 1. The quantitative estimate of drug-likeness (QED) is 0.180. The van der Waals surface area contributed by atoms with Gasteiger partial charge in [-0.3, -0.25) is 0 Å². The van der Waals surface area contributed by atoms with Crippen LogP contribution < -0.4 is 4.90 Å². The van der Waals surface area contributed by atoms with Gasteiger partial charge in [0, 0.05) is 32.5 Å². The summed E-state index contributed by atoms with van der Waals surface area (Å²) in [5, 5.41) is 3.20. The third-order valence-electron chi connectivity index (χ3n) is 8.34. The predicted octanol–water partition coefficient (Wildman–Crippen LogP) is 13.2. The summed E-state index contributed by atoms with van der Waals surface area (Å²) in [5.41, 5.74) is 10.4. The van der Waals surface area contributed by atoms with Crippen molar-refractivity contribution in [2.45, 2.75) is 0 Å². The fourth-order valence-electron chi connectivity index (χ4n) is 6.08. The average Bonchev–Trinajstić information content (AvgIpc) is 3.49. The van der Waals surface area contributed by atoms with Crippen LogP contribution in [0.5, 0.6) is 0 Å². The van der Waals surface area contributed by atoms with E-state index in [1.54, 1.807) is 11.3 Å². The molecule has 7 aromatic carbocycles. The Hall–Kier alpha value is -5.15. The molecule has 0 atom stereocenters. The van der Waals surface area contributed by atoms with Gasteiger partial charge in [-0.25, -0.2) is 0 Å². The van der Waals surface area contributed by atoms with Gasteiger partial charge in [-0.2, -0.15) is 0 Å². The van der Waals surface area contributed by atoms with Crippen LogP contribution in [0.2, 0.25) is 5.02 Å². The highest BCUT2D eigenvalue weighted by molar-refractivity contribution is 7.26. The Morgan fingerprint density at radius 1 is 0.378 bits per heavy atom. The van der Waals surface area contributed by atoms with Crippen molar-refractivity contribution in [1.29, 1.82) is 0 Å². The minimum atomic E-state index is 0.791. The molecule has 0 aliphatic rings. The molecule has 0 saturated carbocycles. The smallest absolute Gasteiger partial charge is 0.0590 e. The molecule has 0 saturated heterocycles. The molecule has 1 nitrogen and oxygen atoms in total. The predicted molar refractivity (Wildman–Crippen MR) is 195 cm³/mol. The van der Waals surface area contributed by atoms with E-state index in [-0.39, 0.29) is 0 Å². The maximum Gasteiger partial charge on any atom is 0.0590 e. The van der Waals surface area contributed by atoms with Crippen molar-refractivity contribution < 1.29 is 0 Å². The van der Waals surface area contributed by atoms with E-state index >= 15 is 0 Å². The average molecular weight is 614 g/mol. The molecule has 0 N–H and O–H groups in total. The molecular formula is C42H28ClNS. The van der Waals surface area contributed by atoms with E-state index in [0.717, 1.165) is 32.3 Å².